The zero-order valence-electron chi connectivity index (χ0n) is 13.5. The molecule has 0 unspecified atom stereocenters. The van der Waals surface area contributed by atoms with E-state index in [4.69, 9.17) is 4.74 Å². The second-order valence-corrected chi connectivity index (χ2v) is 6.30. The molecule has 4 heteroatoms. The minimum absolute atomic E-state index is 0.0729. The van der Waals surface area contributed by atoms with Crippen LogP contribution < -0.4 is 10.6 Å². The van der Waals surface area contributed by atoms with Crippen molar-refractivity contribution in [3.05, 3.63) is 0 Å². The summed E-state index contributed by atoms with van der Waals surface area (Å²) in [6.45, 7) is 7.03. The highest BCUT2D eigenvalue weighted by Gasteiger charge is 2.39. The van der Waals surface area contributed by atoms with Crippen molar-refractivity contribution in [2.24, 2.45) is 5.92 Å². The average molecular weight is 284 g/mol. The van der Waals surface area contributed by atoms with Crippen molar-refractivity contribution < 1.29 is 9.53 Å². The highest BCUT2D eigenvalue weighted by molar-refractivity contribution is 5.85. The number of unbranched alkanes of at least 4 members (excludes halogenated alkanes) is 3. The molecule has 1 fully saturated rings. The minimum Gasteiger partial charge on any atom is -0.368 e. The van der Waals surface area contributed by atoms with E-state index in [9.17, 15) is 4.79 Å². The van der Waals surface area contributed by atoms with Gasteiger partial charge in [-0.2, -0.15) is 0 Å². The Morgan fingerprint density at radius 2 is 1.85 bits per heavy atom. The Balaban J connectivity index is 2.12. The van der Waals surface area contributed by atoms with Gasteiger partial charge in [-0.3, -0.25) is 4.79 Å². The standard InChI is InChI=1S/C16H32N2O2/c1-14(2)8-6-4-5-7-11-18-15(19)16(20-3)9-12-17-13-10-16/h14,17H,4-13H2,1-3H3,(H,18,19). The summed E-state index contributed by atoms with van der Waals surface area (Å²) in [5, 5.41) is 6.32. The lowest BCUT2D eigenvalue weighted by Gasteiger charge is -2.34. The number of amides is 1. The average Bonchev–Trinajstić information content (AvgIpc) is 2.46. The Morgan fingerprint density at radius 3 is 2.45 bits per heavy atom. The second-order valence-electron chi connectivity index (χ2n) is 6.30. The van der Waals surface area contributed by atoms with Gasteiger partial charge in [0.15, 0.2) is 0 Å². The Bertz CT molecular complexity index is 274. The smallest absolute Gasteiger partial charge is 0.252 e. The molecule has 1 aliphatic heterocycles. The van der Waals surface area contributed by atoms with Crippen LogP contribution in [0, 0.1) is 5.92 Å². The maximum absolute atomic E-state index is 12.3. The van der Waals surface area contributed by atoms with Crippen LogP contribution in [-0.2, 0) is 9.53 Å². The topological polar surface area (TPSA) is 50.4 Å². The van der Waals surface area contributed by atoms with E-state index in [1.807, 2.05) is 0 Å². The van der Waals surface area contributed by atoms with Crippen LogP contribution in [0.25, 0.3) is 0 Å². The molecule has 0 aromatic rings. The van der Waals surface area contributed by atoms with Crippen molar-refractivity contribution in [2.75, 3.05) is 26.7 Å². The highest BCUT2D eigenvalue weighted by Crippen LogP contribution is 2.22. The Kier molecular flexibility index (Phi) is 8.15. The van der Waals surface area contributed by atoms with Gasteiger partial charge in [-0.1, -0.05) is 39.5 Å². The zero-order chi connectivity index (χ0) is 14.8. The maximum Gasteiger partial charge on any atom is 0.252 e. The van der Waals surface area contributed by atoms with E-state index in [0.29, 0.717) is 0 Å². The molecule has 0 aromatic heterocycles. The largest absolute Gasteiger partial charge is 0.368 e. The first kappa shape index (κ1) is 17.4. The van der Waals surface area contributed by atoms with Gasteiger partial charge in [0, 0.05) is 13.7 Å². The van der Waals surface area contributed by atoms with E-state index in [0.717, 1.165) is 44.8 Å². The summed E-state index contributed by atoms with van der Waals surface area (Å²) < 4.78 is 5.51. The van der Waals surface area contributed by atoms with Crippen LogP contribution >= 0.6 is 0 Å². The van der Waals surface area contributed by atoms with E-state index >= 15 is 0 Å². The summed E-state index contributed by atoms with van der Waals surface area (Å²) in [5.74, 6) is 0.875. The minimum atomic E-state index is -0.594. The number of hydrogen-bond acceptors (Lipinski definition) is 3. The molecule has 0 aliphatic carbocycles. The Hall–Kier alpha value is -0.610. The van der Waals surface area contributed by atoms with E-state index in [1.165, 1.54) is 25.7 Å². The van der Waals surface area contributed by atoms with Crippen LogP contribution in [0.15, 0.2) is 0 Å². The summed E-state index contributed by atoms with van der Waals surface area (Å²) in [6.07, 6.45) is 7.70. The van der Waals surface area contributed by atoms with Crippen LogP contribution in [-0.4, -0.2) is 38.3 Å². The number of piperidine rings is 1. The van der Waals surface area contributed by atoms with Gasteiger partial charge < -0.3 is 15.4 Å². The van der Waals surface area contributed by atoms with E-state index in [1.54, 1.807) is 7.11 Å². The summed E-state index contributed by atoms with van der Waals surface area (Å²) >= 11 is 0. The highest BCUT2D eigenvalue weighted by atomic mass is 16.5. The molecule has 2 N–H and O–H groups in total. The summed E-state index contributed by atoms with van der Waals surface area (Å²) in [4.78, 5) is 12.3. The molecule has 0 saturated carbocycles. The van der Waals surface area contributed by atoms with Crippen molar-refractivity contribution in [2.45, 2.75) is 64.4 Å². The fourth-order valence-electron chi connectivity index (χ4n) is 2.75. The van der Waals surface area contributed by atoms with Crippen LogP contribution in [0.3, 0.4) is 0 Å². The molecule has 118 valence electrons. The van der Waals surface area contributed by atoms with Gasteiger partial charge in [-0.05, 0) is 38.3 Å². The van der Waals surface area contributed by atoms with Gasteiger partial charge in [-0.25, -0.2) is 0 Å². The number of hydrogen-bond donors (Lipinski definition) is 2. The van der Waals surface area contributed by atoms with Crippen LogP contribution in [0.1, 0.15) is 58.8 Å². The first-order valence-electron chi connectivity index (χ1n) is 8.15. The molecule has 1 saturated heterocycles. The predicted molar refractivity (Wildman–Crippen MR) is 82.8 cm³/mol. The molecule has 20 heavy (non-hydrogen) atoms. The van der Waals surface area contributed by atoms with Gasteiger partial charge in [0.2, 0.25) is 0 Å². The molecule has 1 aliphatic rings. The molecule has 0 spiro atoms. The molecule has 0 radical (unpaired) electrons. The van der Waals surface area contributed by atoms with Gasteiger partial charge in [0.25, 0.3) is 5.91 Å². The first-order chi connectivity index (χ1) is 9.60. The quantitative estimate of drug-likeness (QED) is 0.640. The number of methoxy groups -OCH3 is 1. The van der Waals surface area contributed by atoms with Crippen molar-refractivity contribution in [3.63, 3.8) is 0 Å². The third kappa shape index (κ3) is 5.80. The van der Waals surface area contributed by atoms with Gasteiger partial charge in [-0.15, -0.1) is 0 Å². The van der Waals surface area contributed by atoms with Crippen molar-refractivity contribution in [3.8, 4) is 0 Å². The van der Waals surface area contributed by atoms with Gasteiger partial charge in [0.1, 0.15) is 5.60 Å². The molecular formula is C16H32N2O2. The Labute approximate surface area is 124 Å². The Morgan fingerprint density at radius 1 is 1.20 bits per heavy atom. The van der Waals surface area contributed by atoms with Crippen molar-refractivity contribution >= 4 is 5.91 Å². The van der Waals surface area contributed by atoms with Crippen LogP contribution in [0.2, 0.25) is 0 Å². The van der Waals surface area contributed by atoms with E-state index in [-0.39, 0.29) is 5.91 Å². The molecule has 4 nitrogen and oxygen atoms in total. The monoisotopic (exact) mass is 284 g/mol. The number of rotatable bonds is 9. The predicted octanol–water partition coefficient (Wildman–Crippen LogP) is 2.48. The summed E-state index contributed by atoms with van der Waals surface area (Å²) in [6, 6.07) is 0. The number of nitrogens with one attached hydrogen (secondary N) is 2. The van der Waals surface area contributed by atoms with Crippen LogP contribution in [0.5, 0.6) is 0 Å². The lowest BCUT2D eigenvalue weighted by molar-refractivity contribution is -0.146. The SMILES string of the molecule is COC1(C(=O)NCCCCCCC(C)C)CCNCC1. The van der Waals surface area contributed by atoms with Crippen molar-refractivity contribution in [1.82, 2.24) is 10.6 Å². The van der Waals surface area contributed by atoms with Gasteiger partial charge in [0.05, 0.1) is 0 Å². The zero-order valence-corrected chi connectivity index (χ0v) is 13.5. The third-order valence-electron chi connectivity index (χ3n) is 4.21. The molecule has 0 bridgehead atoms. The second kappa shape index (κ2) is 9.35. The molecule has 1 heterocycles. The van der Waals surface area contributed by atoms with E-state index < -0.39 is 5.60 Å². The summed E-state index contributed by atoms with van der Waals surface area (Å²) in [5.41, 5.74) is -0.594. The molecule has 1 amide bonds. The fraction of sp³-hybridized carbons (Fsp3) is 0.938. The van der Waals surface area contributed by atoms with Gasteiger partial charge >= 0.3 is 0 Å². The molecule has 1 rings (SSSR count). The third-order valence-corrected chi connectivity index (χ3v) is 4.21. The maximum atomic E-state index is 12.3. The molecule has 0 aromatic carbocycles. The van der Waals surface area contributed by atoms with Crippen LogP contribution in [0.4, 0.5) is 0 Å². The number of carbonyl (C=O) groups excluding carboxylic acids is 1. The number of carbonyl (C=O) groups is 1. The molecule has 0 atom stereocenters. The lowest BCUT2D eigenvalue weighted by Crippen LogP contribution is -2.54. The summed E-state index contributed by atoms with van der Waals surface area (Å²) in [7, 11) is 1.65. The van der Waals surface area contributed by atoms with E-state index in [2.05, 4.69) is 24.5 Å². The number of ether oxygens (including phenoxy) is 1. The molecular weight excluding hydrogens is 252 g/mol. The lowest BCUT2D eigenvalue weighted by atomic mass is 9.91. The first-order valence-corrected chi connectivity index (χ1v) is 8.15. The fourth-order valence-corrected chi connectivity index (χ4v) is 2.75. The van der Waals surface area contributed by atoms with Crippen molar-refractivity contribution in [1.29, 1.82) is 0 Å². The normalized spacial score (nSPS) is 18.2.